The van der Waals surface area contributed by atoms with Gasteiger partial charge in [0.2, 0.25) is 5.91 Å². The van der Waals surface area contributed by atoms with E-state index < -0.39 is 17.2 Å². The summed E-state index contributed by atoms with van der Waals surface area (Å²) in [6.07, 6.45) is -3.32. The van der Waals surface area contributed by atoms with Crippen LogP contribution in [0.3, 0.4) is 0 Å². The van der Waals surface area contributed by atoms with Crippen molar-refractivity contribution in [3.05, 3.63) is 35.4 Å². The van der Waals surface area contributed by atoms with Crippen molar-refractivity contribution in [3.8, 4) is 0 Å². The third kappa shape index (κ3) is 4.62. The molecule has 0 spiro atoms. The highest BCUT2D eigenvalue weighted by Crippen LogP contribution is 2.33. The highest BCUT2D eigenvalue weighted by Gasteiger charge is 2.40. The Hall–Kier alpha value is -1.31. The second-order valence-electron chi connectivity index (χ2n) is 5.96. The number of carbonyl (C=O) groups is 1. The number of carbonyl (C=O) groups excluding carboxylic acids is 1. The van der Waals surface area contributed by atoms with Crippen molar-refractivity contribution >= 4 is 18.3 Å². The predicted molar refractivity (Wildman–Crippen MR) is 86.7 cm³/mol. The molecule has 1 fully saturated rings. The SMILES string of the molecule is CN(Cc1cccc(C(F)(F)F)c1)C(=O)C1(CN)CCOCC1.Cl. The number of rotatable bonds is 4. The van der Waals surface area contributed by atoms with E-state index in [4.69, 9.17) is 10.5 Å². The summed E-state index contributed by atoms with van der Waals surface area (Å²) in [4.78, 5) is 14.2. The number of benzene rings is 1. The minimum atomic E-state index is -4.39. The number of halogens is 4. The molecule has 0 saturated carbocycles. The van der Waals surface area contributed by atoms with Gasteiger partial charge in [-0.1, -0.05) is 12.1 Å². The third-order valence-corrected chi connectivity index (χ3v) is 4.32. The molecule has 8 heteroatoms. The van der Waals surface area contributed by atoms with Crippen molar-refractivity contribution in [3.63, 3.8) is 0 Å². The first kappa shape index (κ1) is 20.7. The molecule has 4 nitrogen and oxygen atoms in total. The second kappa shape index (κ2) is 8.18. The van der Waals surface area contributed by atoms with E-state index in [-0.39, 0.29) is 31.4 Å². The van der Waals surface area contributed by atoms with E-state index in [1.54, 1.807) is 13.1 Å². The van der Waals surface area contributed by atoms with E-state index in [1.807, 2.05) is 0 Å². The van der Waals surface area contributed by atoms with Crippen LogP contribution in [0.2, 0.25) is 0 Å². The van der Waals surface area contributed by atoms with Crippen molar-refractivity contribution in [2.24, 2.45) is 11.1 Å². The summed E-state index contributed by atoms with van der Waals surface area (Å²) in [7, 11) is 1.59. The molecule has 0 aliphatic carbocycles. The number of alkyl halides is 3. The standard InChI is InChI=1S/C16H21F3N2O2.ClH/c1-21(14(22)15(11-20)5-7-23-8-6-15)10-12-3-2-4-13(9-12)16(17,18)19;/h2-4,9H,5-8,10-11,20H2,1H3;1H. The molecule has 2 rings (SSSR count). The Labute approximate surface area is 145 Å². The molecule has 1 saturated heterocycles. The Morgan fingerprint density at radius 3 is 2.50 bits per heavy atom. The van der Waals surface area contributed by atoms with Gasteiger partial charge in [0.1, 0.15) is 0 Å². The molecule has 24 heavy (non-hydrogen) atoms. The average Bonchev–Trinajstić information content (AvgIpc) is 2.54. The fourth-order valence-electron chi connectivity index (χ4n) is 2.86. The van der Waals surface area contributed by atoms with Gasteiger partial charge in [0.25, 0.3) is 0 Å². The predicted octanol–water partition coefficient (Wildman–Crippen LogP) is 2.84. The lowest BCUT2D eigenvalue weighted by Crippen LogP contribution is -2.49. The van der Waals surface area contributed by atoms with Gasteiger partial charge in [-0.2, -0.15) is 13.2 Å². The number of nitrogens with zero attached hydrogens (tertiary/aromatic N) is 1. The molecule has 0 aromatic heterocycles. The van der Waals surface area contributed by atoms with Crippen LogP contribution in [0.25, 0.3) is 0 Å². The van der Waals surface area contributed by atoms with Gasteiger partial charge in [0, 0.05) is 33.4 Å². The van der Waals surface area contributed by atoms with Crippen LogP contribution in [0.4, 0.5) is 13.2 Å². The largest absolute Gasteiger partial charge is 0.416 e. The van der Waals surface area contributed by atoms with E-state index in [0.29, 0.717) is 31.6 Å². The molecule has 1 aliphatic heterocycles. The fourth-order valence-corrected chi connectivity index (χ4v) is 2.86. The van der Waals surface area contributed by atoms with Gasteiger partial charge in [0.15, 0.2) is 0 Å². The molecule has 136 valence electrons. The molecule has 0 radical (unpaired) electrons. The van der Waals surface area contributed by atoms with Crippen LogP contribution in [0.1, 0.15) is 24.0 Å². The number of nitrogens with two attached hydrogens (primary N) is 1. The highest BCUT2D eigenvalue weighted by atomic mass is 35.5. The van der Waals surface area contributed by atoms with Crippen molar-refractivity contribution in [1.29, 1.82) is 0 Å². The lowest BCUT2D eigenvalue weighted by atomic mass is 9.79. The minimum Gasteiger partial charge on any atom is -0.381 e. The molecule has 0 unspecified atom stereocenters. The van der Waals surface area contributed by atoms with Gasteiger partial charge in [-0.15, -0.1) is 12.4 Å². The normalized spacial score (nSPS) is 17.0. The first-order valence-electron chi connectivity index (χ1n) is 7.48. The molecule has 1 aliphatic rings. The number of hydrogen-bond donors (Lipinski definition) is 1. The lowest BCUT2D eigenvalue weighted by molar-refractivity contribution is -0.146. The van der Waals surface area contributed by atoms with Crippen LogP contribution in [0.15, 0.2) is 24.3 Å². The van der Waals surface area contributed by atoms with Gasteiger partial charge < -0.3 is 15.4 Å². The minimum absolute atomic E-state index is 0. The maximum absolute atomic E-state index is 12.8. The summed E-state index contributed by atoms with van der Waals surface area (Å²) < 4.78 is 43.6. The quantitative estimate of drug-likeness (QED) is 0.891. The Balaban J connectivity index is 0.00000288. The number of amides is 1. The lowest BCUT2D eigenvalue weighted by Gasteiger charge is -2.37. The number of hydrogen-bond acceptors (Lipinski definition) is 3. The van der Waals surface area contributed by atoms with Crippen LogP contribution < -0.4 is 5.73 Å². The first-order chi connectivity index (χ1) is 10.8. The second-order valence-corrected chi connectivity index (χ2v) is 5.96. The Bertz CT molecular complexity index is 560. The topological polar surface area (TPSA) is 55.6 Å². The average molecular weight is 367 g/mol. The summed E-state index contributed by atoms with van der Waals surface area (Å²) in [5.74, 6) is -0.138. The van der Waals surface area contributed by atoms with Gasteiger partial charge in [-0.05, 0) is 30.5 Å². The molecule has 2 N–H and O–H groups in total. The summed E-state index contributed by atoms with van der Waals surface area (Å²) in [5.41, 5.74) is 4.85. The van der Waals surface area contributed by atoms with Gasteiger partial charge >= 0.3 is 6.18 Å². The van der Waals surface area contributed by atoms with E-state index >= 15 is 0 Å². The smallest absolute Gasteiger partial charge is 0.381 e. The Morgan fingerprint density at radius 2 is 1.96 bits per heavy atom. The third-order valence-electron chi connectivity index (χ3n) is 4.32. The molecule has 1 amide bonds. The maximum atomic E-state index is 12.8. The fraction of sp³-hybridized carbons (Fsp3) is 0.562. The van der Waals surface area contributed by atoms with E-state index in [0.717, 1.165) is 12.1 Å². The summed E-state index contributed by atoms with van der Waals surface area (Å²) in [6.45, 7) is 1.27. The molecular weight excluding hydrogens is 345 g/mol. The molecule has 0 atom stereocenters. The maximum Gasteiger partial charge on any atom is 0.416 e. The van der Waals surface area contributed by atoms with Crippen LogP contribution in [0.5, 0.6) is 0 Å². The van der Waals surface area contributed by atoms with E-state index in [1.165, 1.54) is 11.0 Å². The van der Waals surface area contributed by atoms with Crippen molar-refractivity contribution in [2.75, 3.05) is 26.8 Å². The molecule has 1 aromatic rings. The van der Waals surface area contributed by atoms with Crippen molar-refractivity contribution in [1.82, 2.24) is 4.90 Å². The molecule has 1 aromatic carbocycles. The zero-order valence-corrected chi connectivity index (χ0v) is 14.3. The zero-order valence-electron chi connectivity index (χ0n) is 13.4. The molecule has 1 heterocycles. The Kier molecular flexibility index (Phi) is 7.07. The van der Waals surface area contributed by atoms with Gasteiger partial charge in [0.05, 0.1) is 11.0 Å². The highest BCUT2D eigenvalue weighted by molar-refractivity contribution is 5.85. The van der Waals surface area contributed by atoms with Crippen LogP contribution >= 0.6 is 12.4 Å². The first-order valence-corrected chi connectivity index (χ1v) is 7.48. The monoisotopic (exact) mass is 366 g/mol. The Morgan fingerprint density at radius 1 is 1.33 bits per heavy atom. The summed E-state index contributed by atoms with van der Waals surface area (Å²) in [5, 5.41) is 0. The van der Waals surface area contributed by atoms with Gasteiger partial charge in [-0.3, -0.25) is 4.79 Å². The molecular formula is C16H22ClF3N2O2. The number of ether oxygens (including phenoxy) is 1. The summed E-state index contributed by atoms with van der Waals surface area (Å²) in [6, 6.07) is 5.02. The van der Waals surface area contributed by atoms with Crippen LogP contribution in [-0.2, 0) is 22.3 Å². The van der Waals surface area contributed by atoms with E-state index in [2.05, 4.69) is 0 Å². The van der Waals surface area contributed by atoms with Crippen LogP contribution in [0, 0.1) is 5.41 Å². The zero-order chi connectivity index (χ0) is 17.1. The van der Waals surface area contributed by atoms with E-state index in [9.17, 15) is 18.0 Å². The van der Waals surface area contributed by atoms with Crippen molar-refractivity contribution in [2.45, 2.75) is 25.6 Å². The van der Waals surface area contributed by atoms with Crippen molar-refractivity contribution < 1.29 is 22.7 Å². The van der Waals surface area contributed by atoms with Gasteiger partial charge in [-0.25, -0.2) is 0 Å². The summed E-state index contributed by atoms with van der Waals surface area (Å²) >= 11 is 0. The van der Waals surface area contributed by atoms with Crippen LogP contribution in [-0.4, -0.2) is 37.6 Å². The molecule has 0 bridgehead atoms.